The van der Waals surface area contributed by atoms with E-state index in [0.717, 1.165) is 22.4 Å². The summed E-state index contributed by atoms with van der Waals surface area (Å²) in [5.41, 5.74) is 3.70. The smallest absolute Gasteiger partial charge is 0.262 e. The second-order valence-corrected chi connectivity index (χ2v) is 5.83. The molecule has 1 N–H and O–H groups in total. The van der Waals surface area contributed by atoms with Gasteiger partial charge in [-0.25, -0.2) is 0 Å². The Kier molecular flexibility index (Phi) is 4.79. The number of anilines is 1. The maximum absolute atomic E-state index is 12.1. The van der Waals surface area contributed by atoms with Crippen molar-refractivity contribution in [1.29, 1.82) is 0 Å². The molecule has 0 atom stereocenters. The van der Waals surface area contributed by atoms with E-state index in [4.69, 9.17) is 9.26 Å². The Morgan fingerprint density at radius 2 is 2.00 bits per heavy atom. The van der Waals surface area contributed by atoms with Gasteiger partial charge in [0.2, 0.25) is 0 Å². The lowest BCUT2D eigenvalue weighted by molar-refractivity contribution is -0.118. The number of aryl methyl sites for hydroxylation is 3. The normalized spacial score (nSPS) is 10.5. The van der Waals surface area contributed by atoms with E-state index in [1.54, 1.807) is 19.1 Å². The standard InChI is InChI=1S/C19H19N3O3/c1-12-7-8-17(13(2)9-12)21-18(23)11-24-16-6-4-5-15(10-16)19-20-14(3)22-25-19/h4-10H,11H2,1-3H3,(H,21,23). The molecule has 0 aliphatic heterocycles. The van der Waals surface area contributed by atoms with Gasteiger partial charge in [0, 0.05) is 11.3 Å². The number of ether oxygens (including phenoxy) is 1. The minimum atomic E-state index is -0.217. The summed E-state index contributed by atoms with van der Waals surface area (Å²) < 4.78 is 10.7. The maximum Gasteiger partial charge on any atom is 0.262 e. The van der Waals surface area contributed by atoms with Crippen molar-refractivity contribution >= 4 is 11.6 Å². The highest BCUT2D eigenvalue weighted by molar-refractivity contribution is 5.92. The van der Waals surface area contributed by atoms with Crippen LogP contribution in [-0.2, 0) is 4.79 Å². The average Bonchev–Trinajstić information content (AvgIpc) is 3.02. The Morgan fingerprint density at radius 1 is 1.16 bits per heavy atom. The van der Waals surface area contributed by atoms with Crippen LogP contribution in [-0.4, -0.2) is 22.7 Å². The number of carbonyl (C=O) groups is 1. The van der Waals surface area contributed by atoms with Gasteiger partial charge >= 0.3 is 0 Å². The molecule has 0 saturated heterocycles. The zero-order chi connectivity index (χ0) is 17.8. The molecule has 6 heteroatoms. The molecule has 6 nitrogen and oxygen atoms in total. The van der Waals surface area contributed by atoms with E-state index in [1.807, 2.05) is 44.2 Å². The van der Waals surface area contributed by atoms with Gasteiger partial charge in [0.15, 0.2) is 12.4 Å². The first kappa shape index (κ1) is 16.7. The van der Waals surface area contributed by atoms with E-state index in [2.05, 4.69) is 15.5 Å². The van der Waals surface area contributed by atoms with E-state index < -0.39 is 0 Å². The van der Waals surface area contributed by atoms with Crippen molar-refractivity contribution in [3.05, 3.63) is 59.4 Å². The number of aromatic nitrogens is 2. The maximum atomic E-state index is 12.1. The minimum absolute atomic E-state index is 0.0837. The fourth-order valence-electron chi connectivity index (χ4n) is 2.42. The quantitative estimate of drug-likeness (QED) is 0.768. The van der Waals surface area contributed by atoms with Gasteiger partial charge in [-0.15, -0.1) is 0 Å². The number of carbonyl (C=O) groups excluding carboxylic acids is 1. The molecule has 0 radical (unpaired) electrons. The molecule has 0 saturated carbocycles. The summed E-state index contributed by atoms with van der Waals surface area (Å²) in [5, 5.41) is 6.62. The highest BCUT2D eigenvalue weighted by Gasteiger charge is 2.09. The van der Waals surface area contributed by atoms with Crippen LogP contribution in [0.25, 0.3) is 11.5 Å². The van der Waals surface area contributed by atoms with Crippen LogP contribution in [0.2, 0.25) is 0 Å². The predicted molar refractivity (Wildman–Crippen MR) is 94.5 cm³/mol. The second-order valence-electron chi connectivity index (χ2n) is 5.83. The highest BCUT2D eigenvalue weighted by Crippen LogP contribution is 2.22. The topological polar surface area (TPSA) is 77.2 Å². The monoisotopic (exact) mass is 337 g/mol. The van der Waals surface area contributed by atoms with Gasteiger partial charge in [-0.05, 0) is 50.6 Å². The molecule has 1 aromatic heterocycles. The van der Waals surface area contributed by atoms with Crippen molar-refractivity contribution in [2.75, 3.05) is 11.9 Å². The number of benzene rings is 2. The summed E-state index contributed by atoms with van der Waals surface area (Å²) in [6.07, 6.45) is 0. The molecular formula is C19H19N3O3. The zero-order valence-electron chi connectivity index (χ0n) is 14.4. The average molecular weight is 337 g/mol. The lowest BCUT2D eigenvalue weighted by Gasteiger charge is -2.10. The van der Waals surface area contributed by atoms with Crippen LogP contribution in [0, 0.1) is 20.8 Å². The summed E-state index contributed by atoms with van der Waals surface area (Å²) in [5.74, 6) is 1.33. The number of nitrogens with one attached hydrogen (secondary N) is 1. The Balaban J connectivity index is 1.62. The van der Waals surface area contributed by atoms with E-state index >= 15 is 0 Å². The molecule has 25 heavy (non-hydrogen) atoms. The lowest BCUT2D eigenvalue weighted by Crippen LogP contribution is -2.20. The van der Waals surface area contributed by atoms with Crippen LogP contribution in [0.15, 0.2) is 47.0 Å². The van der Waals surface area contributed by atoms with E-state index in [0.29, 0.717) is 17.5 Å². The fraction of sp³-hybridized carbons (Fsp3) is 0.211. The van der Waals surface area contributed by atoms with Crippen LogP contribution in [0.4, 0.5) is 5.69 Å². The van der Waals surface area contributed by atoms with Gasteiger partial charge in [-0.1, -0.05) is 28.9 Å². The first-order valence-electron chi connectivity index (χ1n) is 7.92. The summed E-state index contributed by atoms with van der Waals surface area (Å²) in [6.45, 7) is 5.64. The van der Waals surface area contributed by atoms with Crippen molar-refractivity contribution in [2.24, 2.45) is 0 Å². The third kappa shape index (κ3) is 4.23. The first-order valence-corrected chi connectivity index (χ1v) is 7.92. The Labute approximate surface area is 145 Å². The summed E-state index contributed by atoms with van der Waals surface area (Å²) >= 11 is 0. The summed E-state index contributed by atoms with van der Waals surface area (Å²) in [6, 6.07) is 13.1. The molecule has 0 aliphatic rings. The summed E-state index contributed by atoms with van der Waals surface area (Å²) in [7, 11) is 0. The minimum Gasteiger partial charge on any atom is -0.484 e. The lowest BCUT2D eigenvalue weighted by atomic mass is 10.1. The van der Waals surface area contributed by atoms with Crippen molar-refractivity contribution in [1.82, 2.24) is 10.1 Å². The van der Waals surface area contributed by atoms with Crippen molar-refractivity contribution in [3.8, 4) is 17.2 Å². The molecule has 0 bridgehead atoms. The molecule has 2 aromatic carbocycles. The third-order valence-electron chi connectivity index (χ3n) is 3.63. The number of hydrogen-bond acceptors (Lipinski definition) is 5. The molecule has 0 fully saturated rings. The van der Waals surface area contributed by atoms with Gasteiger partial charge in [0.1, 0.15) is 5.75 Å². The number of hydrogen-bond donors (Lipinski definition) is 1. The molecule has 3 aromatic rings. The van der Waals surface area contributed by atoms with Crippen molar-refractivity contribution in [3.63, 3.8) is 0 Å². The van der Waals surface area contributed by atoms with Gasteiger partial charge in [0.25, 0.3) is 11.8 Å². The van der Waals surface area contributed by atoms with Crippen LogP contribution in [0.3, 0.4) is 0 Å². The molecular weight excluding hydrogens is 318 g/mol. The molecule has 128 valence electrons. The zero-order valence-corrected chi connectivity index (χ0v) is 14.4. The molecule has 0 unspecified atom stereocenters. The molecule has 3 rings (SSSR count). The molecule has 1 heterocycles. The van der Waals surface area contributed by atoms with Gasteiger partial charge < -0.3 is 14.6 Å². The SMILES string of the molecule is Cc1ccc(NC(=O)COc2cccc(-c3nc(C)no3)c2)c(C)c1. The third-order valence-corrected chi connectivity index (χ3v) is 3.63. The number of rotatable bonds is 5. The molecule has 0 aliphatic carbocycles. The van der Waals surface area contributed by atoms with Crippen molar-refractivity contribution < 1.29 is 14.1 Å². The Hall–Kier alpha value is -3.15. The highest BCUT2D eigenvalue weighted by atomic mass is 16.5. The predicted octanol–water partition coefficient (Wildman–Crippen LogP) is 3.68. The molecule has 1 amide bonds. The number of amides is 1. The second kappa shape index (κ2) is 7.17. The van der Waals surface area contributed by atoms with Gasteiger partial charge in [-0.2, -0.15) is 4.98 Å². The van der Waals surface area contributed by atoms with Crippen LogP contribution in [0.1, 0.15) is 17.0 Å². The number of nitrogens with zero attached hydrogens (tertiary/aromatic N) is 2. The first-order chi connectivity index (χ1) is 12.0. The van der Waals surface area contributed by atoms with E-state index in [9.17, 15) is 4.79 Å². The van der Waals surface area contributed by atoms with E-state index in [-0.39, 0.29) is 12.5 Å². The van der Waals surface area contributed by atoms with Crippen LogP contribution in [0.5, 0.6) is 5.75 Å². The Morgan fingerprint density at radius 3 is 2.72 bits per heavy atom. The van der Waals surface area contributed by atoms with Crippen LogP contribution >= 0.6 is 0 Å². The Bertz CT molecular complexity index is 902. The summed E-state index contributed by atoms with van der Waals surface area (Å²) in [4.78, 5) is 16.3. The largest absolute Gasteiger partial charge is 0.484 e. The van der Waals surface area contributed by atoms with Gasteiger partial charge in [0.05, 0.1) is 0 Å². The van der Waals surface area contributed by atoms with Crippen molar-refractivity contribution in [2.45, 2.75) is 20.8 Å². The van der Waals surface area contributed by atoms with Gasteiger partial charge in [-0.3, -0.25) is 4.79 Å². The fourth-order valence-corrected chi connectivity index (χ4v) is 2.42. The van der Waals surface area contributed by atoms with Crippen LogP contribution < -0.4 is 10.1 Å². The molecule has 0 spiro atoms. The van der Waals surface area contributed by atoms with E-state index in [1.165, 1.54) is 0 Å².